The number of nitrogens with zero attached hydrogens (tertiary/aromatic N) is 3. The van der Waals surface area contributed by atoms with Crippen molar-refractivity contribution in [2.75, 3.05) is 11.9 Å². The van der Waals surface area contributed by atoms with Crippen LogP contribution in [0.5, 0.6) is 6.01 Å². The number of hydrogen-bond donors (Lipinski definition) is 1. The predicted molar refractivity (Wildman–Crippen MR) is 88.4 cm³/mol. The van der Waals surface area contributed by atoms with E-state index in [1.807, 2.05) is 42.6 Å². The molecule has 0 aliphatic heterocycles. The number of rotatable bonds is 5. The number of carbonyl (C=O) groups excluding carboxylic acids is 1. The summed E-state index contributed by atoms with van der Waals surface area (Å²) in [6, 6.07) is 11.7. The summed E-state index contributed by atoms with van der Waals surface area (Å²) in [5, 5.41) is 5.13. The number of aryl methyl sites for hydroxylation is 1. The molecule has 0 bridgehead atoms. The van der Waals surface area contributed by atoms with Crippen LogP contribution >= 0.6 is 11.3 Å². The van der Waals surface area contributed by atoms with Crippen LogP contribution in [-0.2, 0) is 4.79 Å². The Morgan fingerprint density at radius 3 is 2.83 bits per heavy atom. The topological polar surface area (TPSA) is 77.0 Å². The van der Waals surface area contributed by atoms with E-state index in [2.05, 4.69) is 20.3 Å². The van der Waals surface area contributed by atoms with Gasteiger partial charge >= 0.3 is 6.01 Å². The molecule has 0 radical (unpaired) electrons. The smallest absolute Gasteiger partial charge is 0.317 e. The molecule has 116 valence electrons. The van der Waals surface area contributed by atoms with E-state index in [4.69, 9.17) is 4.74 Å². The van der Waals surface area contributed by atoms with Gasteiger partial charge in [-0.05, 0) is 13.0 Å². The molecule has 0 unspecified atom stereocenters. The van der Waals surface area contributed by atoms with E-state index in [-0.39, 0.29) is 18.5 Å². The van der Waals surface area contributed by atoms with Gasteiger partial charge in [-0.3, -0.25) is 10.1 Å². The van der Waals surface area contributed by atoms with Gasteiger partial charge < -0.3 is 4.74 Å². The Hall–Kier alpha value is -2.80. The van der Waals surface area contributed by atoms with Crippen LogP contribution in [0.25, 0.3) is 11.3 Å². The predicted octanol–water partition coefficient (Wildman–Crippen LogP) is 2.93. The molecule has 0 aliphatic rings. The highest BCUT2D eigenvalue weighted by Gasteiger charge is 2.09. The first kappa shape index (κ1) is 15.1. The summed E-state index contributed by atoms with van der Waals surface area (Å²) in [5.41, 5.74) is 2.62. The van der Waals surface area contributed by atoms with Crippen molar-refractivity contribution in [3.8, 4) is 17.3 Å². The molecule has 1 N–H and O–H groups in total. The SMILES string of the molecule is Cc1ccnc(OCC(=O)Nc2nc(-c3ccccc3)cs2)n1. The van der Waals surface area contributed by atoms with Crippen molar-refractivity contribution in [2.24, 2.45) is 0 Å². The minimum Gasteiger partial charge on any atom is -0.453 e. The second kappa shape index (κ2) is 6.97. The largest absolute Gasteiger partial charge is 0.453 e. The van der Waals surface area contributed by atoms with Gasteiger partial charge in [-0.1, -0.05) is 30.3 Å². The van der Waals surface area contributed by atoms with Crippen molar-refractivity contribution in [1.82, 2.24) is 15.0 Å². The minimum atomic E-state index is -0.302. The number of thiazole rings is 1. The third kappa shape index (κ3) is 4.10. The molecule has 0 fully saturated rings. The van der Waals surface area contributed by atoms with E-state index >= 15 is 0 Å². The number of nitrogens with one attached hydrogen (secondary N) is 1. The first-order valence-corrected chi connectivity index (χ1v) is 7.82. The average Bonchev–Trinajstić information content (AvgIpc) is 3.02. The van der Waals surface area contributed by atoms with Gasteiger partial charge in [-0.2, -0.15) is 0 Å². The van der Waals surface area contributed by atoms with Crippen molar-refractivity contribution in [3.63, 3.8) is 0 Å². The Kier molecular flexibility index (Phi) is 4.58. The molecule has 0 saturated carbocycles. The van der Waals surface area contributed by atoms with Gasteiger partial charge in [0.2, 0.25) is 0 Å². The lowest BCUT2D eigenvalue weighted by molar-refractivity contribution is -0.118. The molecule has 0 saturated heterocycles. The molecule has 3 aromatic rings. The first-order chi connectivity index (χ1) is 11.2. The maximum absolute atomic E-state index is 11.9. The van der Waals surface area contributed by atoms with Crippen molar-refractivity contribution in [1.29, 1.82) is 0 Å². The van der Waals surface area contributed by atoms with Crippen LogP contribution in [0.3, 0.4) is 0 Å². The molecule has 7 heteroatoms. The van der Waals surface area contributed by atoms with Crippen molar-refractivity contribution < 1.29 is 9.53 Å². The van der Waals surface area contributed by atoms with Gasteiger partial charge in [0, 0.05) is 22.8 Å². The lowest BCUT2D eigenvalue weighted by Gasteiger charge is -2.04. The van der Waals surface area contributed by atoms with Crippen LogP contribution in [0.2, 0.25) is 0 Å². The van der Waals surface area contributed by atoms with E-state index in [0.717, 1.165) is 17.0 Å². The molecule has 3 rings (SSSR count). The molecule has 2 aromatic heterocycles. The molecule has 0 aliphatic carbocycles. The van der Waals surface area contributed by atoms with Crippen molar-refractivity contribution in [2.45, 2.75) is 6.92 Å². The molecule has 2 heterocycles. The second-order valence-corrected chi connectivity index (χ2v) is 5.58. The Labute approximate surface area is 137 Å². The summed E-state index contributed by atoms with van der Waals surface area (Å²) < 4.78 is 5.25. The highest BCUT2D eigenvalue weighted by atomic mass is 32.1. The van der Waals surface area contributed by atoms with E-state index < -0.39 is 0 Å². The van der Waals surface area contributed by atoms with Crippen LogP contribution < -0.4 is 10.1 Å². The number of carbonyl (C=O) groups is 1. The van der Waals surface area contributed by atoms with Gasteiger partial charge in [0.25, 0.3) is 5.91 Å². The van der Waals surface area contributed by atoms with Crippen molar-refractivity contribution >= 4 is 22.4 Å². The Bertz CT molecular complexity index is 805. The van der Waals surface area contributed by atoms with Crippen LogP contribution in [0.4, 0.5) is 5.13 Å². The lowest BCUT2D eigenvalue weighted by Crippen LogP contribution is -2.20. The molecule has 0 atom stereocenters. The number of benzene rings is 1. The summed E-state index contributed by atoms with van der Waals surface area (Å²) >= 11 is 1.37. The van der Waals surface area contributed by atoms with Crippen LogP contribution in [0.15, 0.2) is 48.0 Å². The maximum Gasteiger partial charge on any atom is 0.317 e. The molecule has 0 spiro atoms. The van der Waals surface area contributed by atoms with Gasteiger partial charge in [0.1, 0.15) is 0 Å². The number of anilines is 1. The van der Waals surface area contributed by atoms with Crippen LogP contribution in [0, 0.1) is 6.92 Å². The van der Waals surface area contributed by atoms with Crippen LogP contribution in [0.1, 0.15) is 5.69 Å². The zero-order valence-corrected chi connectivity index (χ0v) is 13.2. The molecule has 23 heavy (non-hydrogen) atoms. The Balaban J connectivity index is 1.57. The van der Waals surface area contributed by atoms with Gasteiger partial charge in [-0.25, -0.2) is 15.0 Å². The van der Waals surface area contributed by atoms with E-state index in [0.29, 0.717) is 5.13 Å². The van der Waals surface area contributed by atoms with Gasteiger partial charge in [-0.15, -0.1) is 11.3 Å². The highest BCUT2D eigenvalue weighted by molar-refractivity contribution is 7.14. The fourth-order valence-electron chi connectivity index (χ4n) is 1.85. The van der Waals surface area contributed by atoms with Gasteiger partial charge in [0.05, 0.1) is 5.69 Å². The third-order valence-corrected chi connectivity index (χ3v) is 3.68. The third-order valence-electron chi connectivity index (χ3n) is 2.93. The van der Waals surface area contributed by atoms with E-state index in [1.54, 1.807) is 12.3 Å². The number of aromatic nitrogens is 3. The second-order valence-electron chi connectivity index (χ2n) is 4.72. The van der Waals surface area contributed by atoms with Crippen molar-refractivity contribution in [3.05, 3.63) is 53.7 Å². The summed E-state index contributed by atoms with van der Waals surface area (Å²) in [7, 11) is 0. The fraction of sp³-hybridized carbons (Fsp3) is 0.125. The average molecular weight is 326 g/mol. The maximum atomic E-state index is 11.9. The van der Waals surface area contributed by atoms with Crippen LogP contribution in [-0.4, -0.2) is 27.5 Å². The standard InChI is InChI=1S/C16H14N4O2S/c1-11-7-8-17-15(18-11)22-9-14(21)20-16-19-13(10-23-16)12-5-3-2-4-6-12/h2-8,10H,9H2,1H3,(H,19,20,21). The van der Waals surface area contributed by atoms with Gasteiger partial charge in [0.15, 0.2) is 11.7 Å². The van der Waals surface area contributed by atoms with E-state index in [1.165, 1.54) is 11.3 Å². The molecular formula is C16H14N4O2S. The quantitative estimate of drug-likeness (QED) is 0.780. The summed E-state index contributed by atoms with van der Waals surface area (Å²) in [6.45, 7) is 1.67. The summed E-state index contributed by atoms with van der Waals surface area (Å²) in [5.74, 6) is -0.302. The lowest BCUT2D eigenvalue weighted by atomic mass is 10.2. The highest BCUT2D eigenvalue weighted by Crippen LogP contribution is 2.24. The molecule has 1 amide bonds. The monoisotopic (exact) mass is 326 g/mol. The number of hydrogen-bond acceptors (Lipinski definition) is 6. The Morgan fingerprint density at radius 1 is 1.22 bits per heavy atom. The summed E-state index contributed by atoms with van der Waals surface area (Å²) in [4.78, 5) is 24.3. The zero-order valence-electron chi connectivity index (χ0n) is 12.4. The van der Waals surface area contributed by atoms with E-state index in [9.17, 15) is 4.79 Å². The molecular weight excluding hydrogens is 312 g/mol. The molecule has 6 nitrogen and oxygen atoms in total. The number of amides is 1. The first-order valence-electron chi connectivity index (χ1n) is 6.94. The normalized spacial score (nSPS) is 10.3. The Morgan fingerprint density at radius 2 is 2.04 bits per heavy atom. The summed E-state index contributed by atoms with van der Waals surface area (Å²) in [6.07, 6.45) is 1.59. The number of ether oxygens (including phenoxy) is 1. The zero-order chi connectivity index (χ0) is 16.1. The minimum absolute atomic E-state index is 0.163. The fourth-order valence-corrected chi connectivity index (χ4v) is 2.59. The molecule has 1 aromatic carbocycles.